The number of halogens is 1. The molecule has 23 heavy (non-hydrogen) atoms. The summed E-state index contributed by atoms with van der Waals surface area (Å²) < 4.78 is 6.55. The molecule has 0 saturated heterocycles. The maximum atomic E-state index is 12.1. The van der Waals surface area contributed by atoms with Crippen LogP contribution in [0.1, 0.15) is 13.3 Å². The summed E-state index contributed by atoms with van der Waals surface area (Å²) >= 11 is 3.35. The standard InChI is InChI=1S/C16H23BrN2O4/c1-3-8-19(12-16(21)22)11-15(20)18(2)9-10-23-14-6-4-13(17)5-7-14/h4-7H,3,8-12H2,1-2H3,(H,21,22). The number of hydrogen-bond donors (Lipinski definition) is 1. The van der Waals surface area contributed by atoms with Gasteiger partial charge in [0.15, 0.2) is 0 Å². The van der Waals surface area contributed by atoms with Gasteiger partial charge in [-0.15, -0.1) is 0 Å². The number of likely N-dealkylation sites (N-methyl/N-ethyl adjacent to an activating group) is 1. The van der Waals surface area contributed by atoms with Crippen LogP contribution in [0, 0.1) is 0 Å². The second kappa shape index (κ2) is 10.2. The molecule has 1 aromatic rings. The molecule has 0 bridgehead atoms. The molecule has 1 aromatic carbocycles. The van der Waals surface area contributed by atoms with Gasteiger partial charge in [-0.25, -0.2) is 0 Å². The van der Waals surface area contributed by atoms with E-state index >= 15 is 0 Å². The molecule has 1 N–H and O–H groups in total. The molecule has 0 spiro atoms. The number of aliphatic carboxylic acids is 1. The number of hydrogen-bond acceptors (Lipinski definition) is 4. The van der Waals surface area contributed by atoms with Crippen LogP contribution in [-0.4, -0.2) is 66.6 Å². The minimum absolute atomic E-state index is 0.106. The molecule has 7 heteroatoms. The normalized spacial score (nSPS) is 10.6. The Bertz CT molecular complexity index is 507. The molecule has 0 heterocycles. The van der Waals surface area contributed by atoms with Crippen molar-refractivity contribution in [1.29, 1.82) is 0 Å². The molecule has 128 valence electrons. The zero-order valence-electron chi connectivity index (χ0n) is 13.5. The number of nitrogens with zero attached hydrogens (tertiary/aromatic N) is 2. The maximum Gasteiger partial charge on any atom is 0.317 e. The van der Waals surface area contributed by atoms with Crippen LogP contribution in [0.4, 0.5) is 0 Å². The van der Waals surface area contributed by atoms with Gasteiger partial charge in [0.2, 0.25) is 5.91 Å². The predicted octanol–water partition coefficient (Wildman–Crippen LogP) is 2.08. The van der Waals surface area contributed by atoms with Crippen molar-refractivity contribution in [3.05, 3.63) is 28.7 Å². The molecule has 0 radical (unpaired) electrons. The van der Waals surface area contributed by atoms with Gasteiger partial charge in [0, 0.05) is 11.5 Å². The van der Waals surface area contributed by atoms with E-state index in [1.807, 2.05) is 31.2 Å². The van der Waals surface area contributed by atoms with E-state index in [1.54, 1.807) is 16.8 Å². The Morgan fingerprint density at radius 3 is 2.39 bits per heavy atom. The lowest BCUT2D eigenvalue weighted by Gasteiger charge is -2.23. The third-order valence-electron chi connectivity index (χ3n) is 3.19. The largest absolute Gasteiger partial charge is 0.492 e. The van der Waals surface area contributed by atoms with Gasteiger partial charge in [0.25, 0.3) is 0 Å². The highest BCUT2D eigenvalue weighted by Gasteiger charge is 2.16. The van der Waals surface area contributed by atoms with Crippen molar-refractivity contribution in [1.82, 2.24) is 9.80 Å². The maximum absolute atomic E-state index is 12.1. The molecule has 0 fully saturated rings. The first-order chi connectivity index (χ1) is 10.9. The second-order valence-corrected chi connectivity index (χ2v) is 6.14. The number of ether oxygens (including phenoxy) is 1. The Labute approximate surface area is 145 Å². The summed E-state index contributed by atoms with van der Waals surface area (Å²) in [6.07, 6.45) is 0.803. The fourth-order valence-corrected chi connectivity index (χ4v) is 2.25. The van der Waals surface area contributed by atoms with Gasteiger partial charge in [-0.3, -0.25) is 14.5 Å². The van der Waals surface area contributed by atoms with Gasteiger partial charge < -0.3 is 14.7 Å². The van der Waals surface area contributed by atoms with Crippen LogP contribution in [0.3, 0.4) is 0 Å². The van der Waals surface area contributed by atoms with Crippen molar-refractivity contribution in [2.45, 2.75) is 13.3 Å². The van der Waals surface area contributed by atoms with Crippen molar-refractivity contribution < 1.29 is 19.4 Å². The number of carbonyl (C=O) groups excluding carboxylic acids is 1. The molecule has 0 aliphatic rings. The molecule has 1 rings (SSSR count). The van der Waals surface area contributed by atoms with Crippen LogP contribution in [0.2, 0.25) is 0 Å². The zero-order valence-corrected chi connectivity index (χ0v) is 15.1. The quantitative estimate of drug-likeness (QED) is 0.666. The highest BCUT2D eigenvalue weighted by Crippen LogP contribution is 2.15. The molecule has 1 amide bonds. The average molecular weight is 387 g/mol. The molecule has 0 aliphatic heterocycles. The lowest BCUT2D eigenvalue weighted by molar-refractivity contribution is -0.139. The van der Waals surface area contributed by atoms with Gasteiger partial charge in [-0.2, -0.15) is 0 Å². The van der Waals surface area contributed by atoms with E-state index < -0.39 is 5.97 Å². The summed E-state index contributed by atoms with van der Waals surface area (Å²) in [5, 5.41) is 8.86. The Kier molecular flexibility index (Phi) is 8.65. The third-order valence-corrected chi connectivity index (χ3v) is 3.72. The van der Waals surface area contributed by atoms with Crippen LogP contribution >= 0.6 is 15.9 Å². The van der Waals surface area contributed by atoms with Crippen LogP contribution in [0.25, 0.3) is 0 Å². The fraction of sp³-hybridized carbons (Fsp3) is 0.500. The minimum atomic E-state index is -0.924. The molecule has 0 saturated carbocycles. The molecule has 0 aliphatic carbocycles. The summed E-state index contributed by atoms with van der Waals surface area (Å²) in [6, 6.07) is 7.47. The number of carboxylic acids is 1. The summed E-state index contributed by atoms with van der Waals surface area (Å²) in [5.41, 5.74) is 0. The number of carbonyl (C=O) groups is 2. The van der Waals surface area contributed by atoms with E-state index in [0.29, 0.717) is 19.7 Å². The van der Waals surface area contributed by atoms with Crippen molar-refractivity contribution in [2.75, 3.05) is 39.8 Å². The van der Waals surface area contributed by atoms with E-state index in [-0.39, 0.29) is 19.0 Å². The Balaban J connectivity index is 2.37. The van der Waals surface area contributed by atoms with Gasteiger partial charge in [0.1, 0.15) is 12.4 Å². The van der Waals surface area contributed by atoms with E-state index in [4.69, 9.17) is 9.84 Å². The minimum Gasteiger partial charge on any atom is -0.492 e. The van der Waals surface area contributed by atoms with Crippen molar-refractivity contribution in [3.63, 3.8) is 0 Å². The predicted molar refractivity (Wildman–Crippen MR) is 91.6 cm³/mol. The lowest BCUT2D eigenvalue weighted by atomic mass is 10.3. The van der Waals surface area contributed by atoms with E-state index in [0.717, 1.165) is 16.6 Å². The Morgan fingerprint density at radius 1 is 1.17 bits per heavy atom. The number of amides is 1. The highest BCUT2D eigenvalue weighted by atomic mass is 79.9. The first-order valence-corrected chi connectivity index (χ1v) is 8.28. The average Bonchev–Trinajstić information content (AvgIpc) is 2.48. The van der Waals surface area contributed by atoms with Crippen LogP contribution in [0.15, 0.2) is 28.7 Å². The highest BCUT2D eigenvalue weighted by molar-refractivity contribution is 9.10. The smallest absolute Gasteiger partial charge is 0.317 e. The van der Waals surface area contributed by atoms with Crippen LogP contribution in [0.5, 0.6) is 5.75 Å². The Morgan fingerprint density at radius 2 is 1.83 bits per heavy atom. The topological polar surface area (TPSA) is 70.1 Å². The zero-order chi connectivity index (χ0) is 17.2. The fourth-order valence-electron chi connectivity index (χ4n) is 1.99. The van der Waals surface area contributed by atoms with Gasteiger partial charge in [-0.05, 0) is 37.2 Å². The molecule has 0 atom stereocenters. The number of benzene rings is 1. The van der Waals surface area contributed by atoms with Crippen molar-refractivity contribution in [3.8, 4) is 5.75 Å². The van der Waals surface area contributed by atoms with E-state index in [2.05, 4.69) is 15.9 Å². The summed E-state index contributed by atoms with van der Waals surface area (Å²) in [7, 11) is 1.69. The summed E-state index contributed by atoms with van der Waals surface area (Å²) in [6.45, 7) is 3.35. The first-order valence-electron chi connectivity index (χ1n) is 7.48. The lowest BCUT2D eigenvalue weighted by Crippen LogP contribution is -2.42. The van der Waals surface area contributed by atoms with Gasteiger partial charge in [-0.1, -0.05) is 22.9 Å². The van der Waals surface area contributed by atoms with E-state index in [9.17, 15) is 9.59 Å². The molecule has 6 nitrogen and oxygen atoms in total. The summed E-state index contributed by atoms with van der Waals surface area (Å²) in [4.78, 5) is 26.1. The molecule has 0 unspecified atom stereocenters. The molecular formula is C16H23BrN2O4. The van der Waals surface area contributed by atoms with Crippen LogP contribution < -0.4 is 4.74 Å². The molecule has 0 aromatic heterocycles. The number of rotatable bonds is 10. The van der Waals surface area contributed by atoms with Gasteiger partial charge in [0.05, 0.1) is 19.6 Å². The third kappa shape index (κ3) is 7.99. The second-order valence-electron chi connectivity index (χ2n) is 5.22. The SMILES string of the molecule is CCCN(CC(=O)O)CC(=O)N(C)CCOc1ccc(Br)cc1. The summed E-state index contributed by atoms with van der Waals surface area (Å²) in [5.74, 6) is -0.292. The van der Waals surface area contributed by atoms with Crippen LogP contribution in [-0.2, 0) is 9.59 Å². The Hall–Kier alpha value is -1.60. The van der Waals surface area contributed by atoms with E-state index in [1.165, 1.54) is 0 Å². The van der Waals surface area contributed by atoms with Crippen molar-refractivity contribution in [2.24, 2.45) is 0 Å². The first kappa shape index (κ1) is 19.4. The van der Waals surface area contributed by atoms with Crippen molar-refractivity contribution >= 4 is 27.8 Å². The monoisotopic (exact) mass is 386 g/mol. The molecular weight excluding hydrogens is 364 g/mol. The number of carboxylic acid groups (broad SMARTS) is 1. The van der Waals surface area contributed by atoms with Gasteiger partial charge >= 0.3 is 5.97 Å².